The van der Waals surface area contributed by atoms with Gasteiger partial charge in [0.1, 0.15) is 17.8 Å². The number of likely N-dealkylation sites (tertiary alicyclic amines) is 1. The number of carbonyl (C=O) groups is 4. The number of nitrogens with two attached hydrogens (primary N) is 1. The third-order valence-electron chi connectivity index (χ3n) is 6.20. The molecular weight excluding hydrogens is 490 g/mol. The Morgan fingerprint density at radius 3 is 2.55 bits per heavy atom. The molecule has 2 aromatic carbocycles. The average Bonchev–Trinajstić information content (AvgIpc) is 3.59. The van der Waals surface area contributed by atoms with Crippen LogP contribution in [0.3, 0.4) is 0 Å². The molecule has 11 heteroatoms. The van der Waals surface area contributed by atoms with E-state index < -0.39 is 41.9 Å². The number of hydrogen-bond acceptors (Lipinski definition) is 6. The average molecular weight is 520 g/mol. The van der Waals surface area contributed by atoms with Crippen molar-refractivity contribution >= 4 is 29.4 Å². The van der Waals surface area contributed by atoms with Crippen LogP contribution in [0.2, 0.25) is 0 Å². The molecule has 3 aromatic rings. The summed E-state index contributed by atoms with van der Waals surface area (Å²) < 4.78 is 10.4. The number of methoxy groups -OCH3 is 1. The summed E-state index contributed by atoms with van der Waals surface area (Å²) in [6, 6.07) is 16.1. The minimum absolute atomic E-state index is 0.0556. The summed E-state index contributed by atoms with van der Waals surface area (Å²) in [6.45, 7) is 0.0586. The second kappa shape index (κ2) is 12.0. The van der Waals surface area contributed by atoms with E-state index in [0.717, 1.165) is 5.56 Å². The third kappa shape index (κ3) is 6.49. The van der Waals surface area contributed by atoms with Crippen LogP contribution in [0.4, 0.5) is 10.5 Å². The number of hydrogen-bond donors (Lipinski definition) is 4. The molecule has 5 amide bonds. The van der Waals surface area contributed by atoms with Gasteiger partial charge in [0.05, 0.1) is 19.4 Å². The maximum atomic E-state index is 13.3. The van der Waals surface area contributed by atoms with Crippen LogP contribution in [-0.4, -0.2) is 60.4 Å². The third-order valence-corrected chi connectivity index (χ3v) is 6.20. The van der Waals surface area contributed by atoms with E-state index in [-0.39, 0.29) is 25.1 Å². The number of rotatable bonds is 9. The Morgan fingerprint density at radius 2 is 1.87 bits per heavy atom. The lowest BCUT2D eigenvalue weighted by atomic mass is 10.0. The van der Waals surface area contributed by atoms with Gasteiger partial charge in [-0.1, -0.05) is 36.4 Å². The summed E-state index contributed by atoms with van der Waals surface area (Å²) in [6.07, 6.45) is 1.69. The van der Waals surface area contributed by atoms with Crippen LogP contribution in [0.5, 0.6) is 5.75 Å². The first-order valence-electron chi connectivity index (χ1n) is 12.0. The standard InChI is InChI=1S/C27H29N5O6/c1-37-20-10-5-9-18(14-20)29-27(36)30-19-15-22(32(16-19)26(35)23-11-6-12-38-23)25(34)31-21(24(28)33)13-17-7-3-2-4-8-17/h2-12,14,19,21-22H,13,15-16H2,1H3,(H2,28,33)(H,31,34)(H2,29,30,36). The summed E-state index contributed by atoms with van der Waals surface area (Å²) in [5.41, 5.74) is 6.90. The van der Waals surface area contributed by atoms with Gasteiger partial charge in [-0.05, 0) is 36.2 Å². The monoisotopic (exact) mass is 519 g/mol. The number of amides is 5. The van der Waals surface area contributed by atoms with Gasteiger partial charge in [-0.3, -0.25) is 14.4 Å². The fourth-order valence-electron chi connectivity index (χ4n) is 4.35. The Hall–Kier alpha value is -4.80. The molecule has 0 spiro atoms. The normalized spacial score (nSPS) is 17.3. The number of urea groups is 1. The molecule has 1 aliphatic rings. The molecule has 1 saturated heterocycles. The van der Waals surface area contributed by atoms with Gasteiger partial charge in [-0.25, -0.2) is 4.79 Å². The first-order valence-corrected chi connectivity index (χ1v) is 12.0. The van der Waals surface area contributed by atoms with E-state index >= 15 is 0 Å². The van der Waals surface area contributed by atoms with Gasteiger partial charge in [0.25, 0.3) is 5.91 Å². The molecule has 38 heavy (non-hydrogen) atoms. The summed E-state index contributed by atoms with van der Waals surface area (Å²) in [7, 11) is 1.52. The quantitative estimate of drug-likeness (QED) is 0.338. The molecule has 0 bridgehead atoms. The first kappa shape index (κ1) is 26.3. The second-order valence-corrected chi connectivity index (χ2v) is 8.87. The molecule has 0 radical (unpaired) electrons. The van der Waals surface area contributed by atoms with Crippen molar-refractivity contribution in [3.63, 3.8) is 0 Å². The number of carbonyl (C=O) groups excluding carboxylic acids is 4. The molecule has 198 valence electrons. The molecular formula is C27H29N5O6. The van der Waals surface area contributed by atoms with Crippen LogP contribution in [0.1, 0.15) is 22.5 Å². The fourth-order valence-corrected chi connectivity index (χ4v) is 4.35. The van der Waals surface area contributed by atoms with Crippen LogP contribution >= 0.6 is 0 Å². The minimum atomic E-state index is -0.978. The van der Waals surface area contributed by atoms with E-state index in [1.54, 1.807) is 30.3 Å². The van der Waals surface area contributed by atoms with Crippen molar-refractivity contribution in [2.24, 2.45) is 5.73 Å². The SMILES string of the molecule is COc1cccc(NC(=O)NC2CC(C(=O)NC(Cc3ccccc3)C(N)=O)N(C(=O)c3ccco3)C2)c1. The summed E-state index contributed by atoms with van der Waals surface area (Å²) in [5.74, 6) is -1.12. The summed E-state index contributed by atoms with van der Waals surface area (Å²) >= 11 is 0. The highest BCUT2D eigenvalue weighted by Gasteiger charge is 2.42. The molecule has 3 unspecified atom stereocenters. The Labute approximate surface area is 219 Å². The molecule has 1 aliphatic heterocycles. The number of ether oxygens (including phenoxy) is 1. The predicted molar refractivity (Wildman–Crippen MR) is 138 cm³/mol. The summed E-state index contributed by atoms with van der Waals surface area (Å²) in [5, 5.41) is 8.21. The fraction of sp³-hybridized carbons (Fsp3) is 0.259. The van der Waals surface area contributed by atoms with Gasteiger partial charge < -0.3 is 35.7 Å². The number of nitrogens with zero attached hydrogens (tertiary/aromatic N) is 1. The van der Waals surface area contributed by atoms with E-state index in [2.05, 4.69) is 16.0 Å². The largest absolute Gasteiger partial charge is 0.497 e. The number of primary amides is 1. The topological polar surface area (TPSA) is 156 Å². The minimum Gasteiger partial charge on any atom is -0.497 e. The summed E-state index contributed by atoms with van der Waals surface area (Å²) in [4.78, 5) is 52.6. The highest BCUT2D eigenvalue weighted by atomic mass is 16.5. The Kier molecular flexibility index (Phi) is 8.27. The molecule has 4 rings (SSSR count). The molecule has 1 aromatic heterocycles. The van der Waals surface area contributed by atoms with Crippen LogP contribution in [0.25, 0.3) is 0 Å². The van der Waals surface area contributed by atoms with E-state index in [4.69, 9.17) is 14.9 Å². The van der Waals surface area contributed by atoms with Gasteiger partial charge >= 0.3 is 6.03 Å². The van der Waals surface area contributed by atoms with Crippen molar-refractivity contribution in [1.29, 1.82) is 0 Å². The van der Waals surface area contributed by atoms with E-state index in [1.807, 2.05) is 30.3 Å². The maximum absolute atomic E-state index is 13.3. The second-order valence-electron chi connectivity index (χ2n) is 8.87. The highest BCUT2D eigenvalue weighted by molar-refractivity contribution is 5.97. The number of furan rings is 1. The van der Waals surface area contributed by atoms with Crippen molar-refractivity contribution in [1.82, 2.24) is 15.5 Å². The number of benzene rings is 2. The molecule has 2 heterocycles. The zero-order chi connectivity index (χ0) is 27.1. The van der Waals surface area contributed by atoms with Crippen LogP contribution in [-0.2, 0) is 16.0 Å². The van der Waals surface area contributed by atoms with Crippen molar-refractivity contribution in [3.05, 3.63) is 84.3 Å². The lowest BCUT2D eigenvalue weighted by molar-refractivity contribution is -0.129. The molecule has 0 saturated carbocycles. The molecule has 3 atom stereocenters. The lowest BCUT2D eigenvalue weighted by Gasteiger charge is -2.25. The van der Waals surface area contributed by atoms with Crippen LogP contribution in [0, 0.1) is 0 Å². The smallest absolute Gasteiger partial charge is 0.319 e. The first-order chi connectivity index (χ1) is 18.3. The van der Waals surface area contributed by atoms with Crippen molar-refractivity contribution in [2.45, 2.75) is 31.0 Å². The van der Waals surface area contributed by atoms with E-state index in [0.29, 0.717) is 11.4 Å². The van der Waals surface area contributed by atoms with Gasteiger partial charge in [0.2, 0.25) is 11.8 Å². The van der Waals surface area contributed by atoms with E-state index in [1.165, 1.54) is 24.3 Å². The van der Waals surface area contributed by atoms with Crippen LogP contribution in [0.15, 0.2) is 77.4 Å². The van der Waals surface area contributed by atoms with Gasteiger partial charge in [-0.15, -0.1) is 0 Å². The van der Waals surface area contributed by atoms with Gasteiger partial charge in [-0.2, -0.15) is 0 Å². The lowest BCUT2D eigenvalue weighted by Crippen LogP contribution is -2.53. The van der Waals surface area contributed by atoms with Crippen molar-refractivity contribution in [2.75, 3.05) is 19.0 Å². The predicted octanol–water partition coefficient (Wildman–Crippen LogP) is 1.91. The molecule has 1 fully saturated rings. The van der Waals surface area contributed by atoms with Crippen molar-refractivity contribution in [3.8, 4) is 5.75 Å². The molecule has 5 N–H and O–H groups in total. The Bertz CT molecular complexity index is 1280. The zero-order valence-electron chi connectivity index (χ0n) is 20.8. The zero-order valence-corrected chi connectivity index (χ0v) is 20.8. The van der Waals surface area contributed by atoms with Crippen LogP contribution < -0.4 is 26.4 Å². The Balaban J connectivity index is 1.47. The van der Waals surface area contributed by atoms with Crippen molar-refractivity contribution < 1.29 is 28.3 Å². The molecule has 0 aliphatic carbocycles. The highest BCUT2D eigenvalue weighted by Crippen LogP contribution is 2.23. The van der Waals surface area contributed by atoms with E-state index in [9.17, 15) is 19.2 Å². The number of nitrogens with one attached hydrogen (secondary N) is 3. The maximum Gasteiger partial charge on any atom is 0.319 e. The van der Waals surface area contributed by atoms with Gasteiger partial charge in [0.15, 0.2) is 5.76 Å². The van der Waals surface area contributed by atoms with Gasteiger partial charge in [0, 0.05) is 24.7 Å². The molecule has 11 nitrogen and oxygen atoms in total. The number of anilines is 1. The Morgan fingerprint density at radius 1 is 1.08 bits per heavy atom.